The molecule has 0 aliphatic heterocycles. The average molecular weight is 324 g/mol. The molecule has 0 saturated heterocycles. The Morgan fingerprint density at radius 3 is 2.05 bits per heavy atom. The lowest BCUT2D eigenvalue weighted by atomic mass is 10.1. The number of hydrogen-bond acceptors (Lipinski definition) is 3. The molecule has 1 fully saturated rings. The SMILES string of the molecule is C1CCCCCC1.CCC(=O)NCc1c(C)csc1C(N)=O. The van der Waals surface area contributed by atoms with E-state index in [0.717, 1.165) is 11.1 Å². The average Bonchev–Trinajstić information content (AvgIpc) is 2.72. The summed E-state index contributed by atoms with van der Waals surface area (Å²) >= 11 is 1.32. The monoisotopic (exact) mass is 324 g/mol. The van der Waals surface area contributed by atoms with Crippen LogP contribution in [0, 0.1) is 6.92 Å². The highest BCUT2D eigenvalue weighted by molar-refractivity contribution is 7.12. The van der Waals surface area contributed by atoms with E-state index in [4.69, 9.17) is 5.73 Å². The van der Waals surface area contributed by atoms with Gasteiger partial charge in [0.05, 0.1) is 4.88 Å². The van der Waals surface area contributed by atoms with Crippen LogP contribution >= 0.6 is 11.3 Å². The first-order valence-electron chi connectivity index (χ1n) is 8.19. The van der Waals surface area contributed by atoms with Crippen LogP contribution in [-0.2, 0) is 11.3 Å². The molecule has 0 unspecified atom stereocenters. The third-order valence-electron chi connectivity index (χ3n) is 3.86. The molecular formula is C17H28N2O2S. The molecule has 124 valence electrons. The summed E-state index contributed by atoms with van der Waals surface area (Å²) in [5.74, 6) is -0.468. The number of nitrogens with one attached hydrogen (secondary N) is 1. The Balaban J connectivity index is 0.000000287. The summed E-state index contributed by atoms with van der Waals surface area (Å²) in [7, 11) is 0. The number of rotatable bonds is 4. The third-order valence-corrected chi connectivity index (χ3v) is 5.02. The summed E-state index contributed by atoms with van der Waals surface area (Å²) in [4.78, 5) is 22.7. The molecule has 0 bridgehead atoms. The van der Waals surface area contributed by atoms with Crippen molar-refractivity contribution in [1.29, 1.82) is 0 Å². The maximum atomic E-state index is 11.1. The van der Waals surface area contributed by atoms with Crippen molar-refractivity contribution in [2.75, 3.05) is 0 Å². The van der Waals surface area contributed by atoms with E-state index in [-0.39, 0.29) is 5.91 Å². The van der Waals surface area contributed by atoms with Gasteiger partial charge >= 0.3 is 0 Å². The van der Waals surface area contributed by atoms with Gasteiger partial charge in [0.2, 0.25) is 5.91 Å². The fourth-order valence-electron chi connectivity index (χ4n) is 2.44. The van der Waals surface area contributed by atoms with Crippen LogP contribution < -0.4 is 11.1 Å². The molecule has 0 aromatic carbocycles. The number of nitrogens with two attached hydrogens (primary N) is 1. The van der Waals surface area contributed by atoms with Gasteiger partial charge in [-0.3, -0.25) is 9.59 Å². The number of carbonyl (C=O) groups is 2. The first-order valence-corrected chi connectivity index (χ1v) is 9.07. The fourth-order valence-corrected chi connectivity index (χ4v) is 3.37. The first kappa shape index (κ1) is 18.7. The van der Waals surface area contributed by atoms with Gasteiger partial charge in [0.1, 0.15) is 0 Å². The van der Waals surface area contributed by atoms with Gasteiger partial charge < -0.3 is 11.1 Å². The van der Waals surface area contributed by atoms with Gasteiger partial charge in [-0.1, -0.05) is 51.9 Å². The van der Waals surface area contributed by atoms with Crippen molar-refractivity contribution in [1.82, 2.24) is 5.32 Å². The molecule has 3 N–H and O–H groups in total. The molecule has 1 saturated carbocycles. The van der Waals surface area contributed by atoms with Gasteiger partial charge in [-0.25, -0.2) is 0 Å². The standard InChI is InChI=1S/C10H14N2O2S.C7H14/c1-3-8(13)12-4-7-6(2)5-15-9(7)10(11)14;1-2-4-6-7-5-3-1/h5H,3-4H2,1-2H3,(H2,11,14)(H,12,13);1-7H2. The molecule has 4 nitrogen and oxygen atoms in total. The Kier molecular flexibility index (Phi) is 8.82. The van der Waals surface area contributed by atoms with Gasteiger partial charge in [-0.2, -0.15) is 0 Å². The molecule has 1 aromatic heterocycles. The topological polar surface area (TPSA) is 72.2 Å². The van der Waals surface area contributed by atoms with Crippen LogP contribution in [0.1, 0.15) is 79.1 Å². The van der Waals surface area contributed by atoms with Crippen LogP contribution in [0.25, 0.3) is 0 Å². The fraction of sp³-hybridized carbons (Fsp3) is 0.647. The highest BCUT2D eigenvalue weighted by Gasteiger charge is 2.13. The summed E-state index contributed by atoms with van der Waals surface area (Å²) in [6, 6.07) is 0. The number of carbonyl (C=O) groups excluding carboxylic acids is 2. The summed E-state index contributed by atoms with van der Waals surface area (Å²) in [5.41, 5.74) is 7.04. The lowest BCUT2D eigenvalue weighted by Gasteiger charge is -2.04. The van der Waals surface area contributed by atoms with Crippen LogP contribution in [0.5, 0.6) is 0 Å². The second-order valence-electron chi connectivity index (χ2n) is 5.70. The van der Waals surface area contributed by atoms with Crippen LogP contribution in [0.3, 0.4) is 0 Å². The second kappa shape index (κ2) is 10.4. The Labute approximate surface area is 137 Å². The van der Waals surface area contributed by atoms with Crippen molar-refractivity contribution < 1.29 is 9.59 Å². The molecular weight excluding hydrogens is 296 g/mol. The predicted molar refractivity (Wildman–Crippen MR) is 92.0 cm³/mol. The zero-order valence-electron chi connectivity index (χ0n) is 13.7. The van der Waals surface area contributed by atoms with Crippen LogP contribution in [0.4, 0.5) is 0 Å². The predicted octanol–water partition coefficient (Wildman–Crippen LogP) is 3.91. The zero-order chi connectivity index (χ0) is 16.4. The van der Waals surface area contributed by atoms with Crippen LogP contribution in [0.15, 0.2) is 5.38 Å². The van der Waals surface area contributed by atoms with E-state index >= 15 is 0 Å². The molecule has 0 atom stereocenters. The molecule has 22 heavy (non-hydrogen) atoms. The molecule has 1 heterocycles. The minimum absolute atomic E-state index is 0.0315. The van der Waals surface area contributed by atoms with Gasteiger partial charge in [0, 0.05) is 13.0 Å². The Hall–Kier alpha value is -1.36. The summed E-state index contributed by atoms with van der Waals surface area (Å²) < 4.78 is 0. The van der Waals surface area contributed by atoms with Crippen molar-refractivity contribution >= 4 is 23.2 Å². The zero-order valence-corrected chi connectivity index (χ0v) is 14.6. The summed E-state index contributed by atoms with van der Waals surface area (Å²) in [5, 5.41) is 4.60. The lowest BCUT2D eigenvalue weighted by Crippen LogP contribution is -2.23. The number of primary amides is 1. The molecule has 1 aliphatic carbocycles. The maximum absolute atomic E-state index is 11.1. The van der Waals surface area contributed by atoms with Crippen molar-refractivity contribution in [2.24, 2.45) is 5.73 Å². The molecule has 5 heteroatoms. The second-order valence-corrected chi connectivity index (χ2v) is 6.58. The van der Waals surface area contributed by atoms with Gasteiger partial charge in [-0.05, 0) is 23.4 Å². The molecule has 2 rings (SSSR count). The Bertz CT molecular complexity index is 463. The normalized spacial score (nSPS) is 14.5. The van der Waals surface area contributed by atoms with Crippen LogP contribution in [-0.4, -0.2) is 11.8 Å². The number of thiophene rings is 1. The number of hydrogen-bond donors (Lipinski definition) is 2. The Morgan fingerprint density at radius 2 is 1.64 bits per heavy atom. The van der Waals surface area contributed by atoms with Crippen molar-refractivity contribution in [3.05, 3.63) is 21.4 Å². The smallest absolute Gasteiger partial charge is 0.259 e. The van der Waals surface area contributed by atoms with E-state index in [2.05, 4.69) is 5.32 Å². The largest absolute Gasteiger partial charge is 0.365 e. The number of aryl methyl sites for hydroxylation is 1. The molecule has 0 spiro atoms. The van der Waals surface area contributed by atoms with Crippen molar-refractivity contribution in [3.63, 3.8) is 0 Å². The highest BCUT2D eigenvalue weighted by atomic mass is 32.1. The molecule has 1 aromatic rings. The van der Waals surface area contributed by atoms with E-state index < -0.39 is 5.91 Å². The van der Waals surface area contributed by atoms with E-state index in [1.54, 1.807) is 6.92 Å². The Morgan fingerprint density at radius 1 is 1.14 bits per heavy atom. The maximum Gasteiger partial charge on any atom is 0.259 e. The van der Waals surface area contributed by atoms with Gasteiger partial charge in [0.15, 0.2) is 0 Å². The minimum Gasteiger partial charge on any atom is -0.365 e. The van der Waals surface area contributed by atoms with Crippen molar-refractivity contribution in [3.8, 4) is 0 Å². The molecule has 1 aliphatic rings. The van der Waals surface area contributed by atoms with Crippen molar-refractivity contribution in [2.45, 2.75) is 71.8 Å². The minimum atomic E-state index is -0.436. The van der Waals surface area contributed by atoms with E-state index in [0.29, 0.717) is 17.8 Å². The van der Waals surface area contributed by atoms with E-state index in [9.17, 15) is 9.59 Å². The van der Waals surface area contributed by atoms with Gasteiger partial charge in [-0.15, -0.1) is 11.3 Å². The third kappa shape index (κ3) is 6.60. The number of amides is 2. The lowest BCUT2D eigenvalue weighted by molar-refractivity contribution is -0.120. The van der Waals surface area contributed by atoms with E-state index in [1.807, 2.05) is 12.3 Å². The van der Waals surface area contributed by atoms with Crippen LogP contribution in [0.2, 0.25) is 0 Å². The summed E-state index contributed by atoms with van der Waals surface area (Å²) in [6.07, 6.45) is 10.9. The highest BCUT2D eigenvalue weighted by Crippen LogP contribution is 2.21. The molecule has 0 radical (unpaired) electrons. The van der Waals surface area contributed by atoms with E-state index in [1.165, 1.54) is 56.3 Å². The quantitative estimate of drug-likeness (QED) is 0.824. The van der Waals surface area contributed by atoms with Gasteiger partial charge in [0.25, 0.3) is 5.91 Å². The molecule has 2 amide bonds. The summed E-state index contributed by atoms with van der Waals surface area (Å²) in [6.45, 7) is 4.06. The first-order chi connectivity index (χ1) is 10.6.